The quantitative estimate of drug-likeness (QED) is 0.261. The van der Waals surface area contributed by atoms with Crippen molar-refractivity contribution < 1.29 is 14.3 Å². The Hall–Kier alpha value is -1.38. The highest BCUT2D eigenvalue weighted by molar-refractivity contribution is 6.83. The van der Waals surface area contributed by atoms with Gasteiger partial charge in [-0.1, -0.05) is 31.8 Å². The fourth-order valence-electron chi connectivity index (χ4n) is 3.24. The van der Waals surface area contributed by atoms with Gasteiger partial charge in [-0.15, -0.1) is 11.5 Å². The molecule has 0 aromatic carbocycles. The zero-order valence-electron chi connectivity index (χ0n) is 12.8. The van der Waals surface area contributed by atoms with Crippen LogP contribution in [0.2, 0.25) is 19.6 Å². The van der Waals surface area contributed by atoms with Crippen LogP contribution in [0.3, 0.4) is 0 Å². The van der Waals surface area contributed by atoms with E-state index in [0.29, 0.717) is 6.54 Å². The van der Waals surface area contributed by atoms with Gasteiger partial charge in [0.2, 0.25) is 11.8 Å². The third kappa shape index (κ3) is 2.58. The van der Waals surface area contributed by atoms with Crippen LogP contribution in [0.15, 0.2) is 12.2 Å². The molecule has 0 aliphatic carbocycles. The van der Waals surface area contributed by atoms with Crippen LogP contribution >= 0.6 is 0 Å². The van der Waals surface area contributed by atoms with Gasteiger partial charge in [-0.05, 0) is 6.42 Å². The maximum Gasteiger partial charge on any atom is 0.236 e. The van der Waals surface area contributed by atoms with Crippen LogP contribution in [0.5, 0.6) is 0 Å². The van der Waals surface area contributed by atoms with E-state index in [4.69, 9.17) is 4.74 Å². The monoisotopic (exact) mass is 303 g/mol. The summed E-state index contributed by atoms with van der Waals surface area (Å²) >= 11 is 0. The number of hydrogen-bond donors (Lipinski definition) is 0. The number of unbranched alkanes of at least 4 members (excludes halogenated alkanes) is 1. The van der Waals surface area contributed by atoms with Gasteiger partial charge in [-0.3, -0.25) is 14.5 Å². The molecule has 21 heavy (non-hydrogen) atoms. The first-order chi connectivity index (χ1) is 9.88. The number of carbonyl (C=O) groups is 2. The summed E-state index contributed by atoms with van der Waals surface area (Å²) in [7, 11) is -1.33. The molecule has 4 atom stereocenters. The van der Waals surface area contributed by atoms with Crippen LogP contribution in [0.25, 0.3) is 0 Å². The van der Waals surface area contributed by atoms with Gasteiger partial charge in [0.05, 0.1) is 24.0 Å². The molecule has 0 aromatic heterocycles. The van der Waals surface area contributed by atoms with Crippen molar-refractivity contribution in [1.82, 2.24) is 4.90 Å². The molecule has 2 amide bonds. The predicted octanol–water partition coefficient (Wildman–Crippen LogP) is 1.59. The normalized spacial score (nSPS) is 33.4. The number of imide groups is 1. The number of carbonyl (C=O) groups excluding carboxylic acids is 2. The molecule has 2 saturated heterocycles. The summed E-state index contributed by atoms with van der Waals surface area (Å²) in [5.74, 6) is 2.52. The first kappa shape index (κ1) is 14.5. The summed E-state index contributed by atoms with van der Waals surface area (Å²) in [5, 5.41) is 0. The smallest absolute Gasteiger partial charge is 0.236 e. The van der Waals surface area contributed by atoms with Crippen LogP contribution in [-0.2, 0) is 14.3 Å². The molecule has 3 aliphatic rings. The molecule has 0 spiro atoms. The number of hydrogen-bond acceptors (Lipinski definition) is 3. The Morgan fingerprint density at radius 2 is 1.71 bits per heavy atom. The summed E-state index contributed by atoms with van der Waals surface area (Å²) in [6.07, 6.45) is 4.97. The minimum absolute atomic E-state index is 0.0556. The molecular formula is C16H21NO3Si. The van der Waals surface area contributed by atoms with Crippen LogP contribution in [-0.4, -0.2) is 43.5 Å². The Kier molecular flexibility index (Phi) is 3.54. The van der Waals surface area contributed by atoms with Gasteiger partial charge >= 0.3 is 0 Å². The zero-order valence-corrected chi connectivity index (χ0v) is 13.8. The minimum atomic E-state index is -1.33. The van der Waals surface area contributed by atoms with Crippen molar-refractivity contribution >= 4 is 19.9 Å². The van der Waals surface area contributed by atoms with Gasteiger partial charge in [0.25, 0.3) is 0 Å². The minimum Gasteiger partial charge on any atom is -0.365 e. The van der Waals surface area contributed by atoms with Crippen molar-refractivity contribution in [2.45, 2.75) is 44.7 Å². The lowest BCUT2D eigenvalue weighted by Gasteiger charge is -2.16. The topological polar surface area (TPSA) is 46.6 Å². The predicted molar refractivity (Wildman–Crippen MR) is 81.9 cm³/mol. The van der Waals surface area contributed by atoms with Gasteiger partial charge in [0.15, 0.2) is 0 Å². The van der Waals surface area contributed by atoms with Crippen molar-refractivity contribution in [3.63, 3.8) is 0 Å². The number of ether oxygens (including phenoxy) is 1. The Morgan fingerprint density at radius 3 is 2.24 bits per heavy atom. The van der Waals surface area contributed by atoms with E-state index < -0.39 is 8.07 Å². The highest BCUT2D eigenvalue weighted by atomic mass is 28.3. The summed E-state index contributed by atoms with van der Waals surface area (Å²) in [5.41, 5.74) is 3.30. The maximum absolute atomic E-state index is 12.4. The largest absolute Gasteiger partial charge is 0.365 e. The molecule has 4 nitrogen and oxygen atoms in total. The van der Waals surface area contributed by atoms with Gasteiger partial charge in [0, 0.05) is 13.0 Å². The van der Waals surface area contributed by atoms with Crippen LogP contribution in [0.1, 0.15) is 12.8 Å². The average Bonchev–Trinajstić information content (AvgIpc) is 3.05. The number of rotatable bonds is 3. The van der Waals surface area contributed by atoms with E-state index in [0.717, 1.165) is 12.8 Å². The fraction of sp³-hybridized carbons (Fsp3) is 0.625. The van der Waals surface area contributed by atoms with Gasteiger partial charge < -0.3 is 4.74 Å². The molecule has 5 heteroatoms. The van der Waals surface area contributed by atoms with E-state index in [9.17, 15) is 9.59 Å². The molecule has 3 aliphatic heterocycles. The lowest BCUT2D eigenvalue weighted by atomic mass is 9.85. The number of nitrogens with zero attached hydrogens (tertiary/aromatic N) is 1. The average molecular weight is 303 g/mol. The lowest BCUT2D eigenvalue weighted by Crippen LogP contribution is -2.35. The zero-order chi connectivity index (χ0) is 15.2. The molecular weight excluding hydrogens is 282 g/mol. The molecule has 3 rings (SSSR count). The molecule has 2 bridgehead atoms. The second-order valence-corrected chi connectivity index (χ2v) is 11.7. The number of likely N-dealkylation sites (tertiary alicyclic amines) is 1. The second-order valence-electron chi connectivity index (χ2n) is 6.99. The molecule has 0 aromatic rings. The standard InChI is InChI=1S/C16H21NO3Si/c1-21(2,3)10-6-4-5-9-17-15(18)13-11-7-8-12(20-11)14(13)16(17)19/h7-8,11-14H,4-5,9H2,1-3H3. The Labute approximate surface area is 126 Å². The fourth-order valence-corrected chi connectivity index (χ4v) is 3.89. The van der Waals surface area contributed by atoms with E-state index in [1.54, 1.807) is 0 Å². The molecule has 0 N–H and O–H groups in total. The molecule has 2 fully saturated rings. The third-order valence-corrected chi connectivity index (χ3v) is 5.08. The highest BCUT2D eigenvalue weighted by Crippen LogP contribution is 2.44. The van der Waals surface area contributed by atoms with E-state index in [1.165, 1.54) is 4.90 Å². The number of fused-ring (bicyclic) bond motifs is 5. The van der Waals surface area contributed by atoms with Crippen LogP contribution in [0.4, 0.5) is 0 Å². The first-order valence-corrected chi connectivity index (χ1v) is 11.1. The Balaban J connectivity index is 1.57. The van der Waals surface area contributed by atoms with E-state index >= 15 is 0 Å². The molecule has 112 valence electrons. The number of amides is 2. The molecule has 4 unspecified atom stereocenters. The first-order valence-electron chi connectivity index (χ1n) is 7.57. The van der Waals surface area contributed by atoms with Crippen molar-refractivity contribution in [2.75, 3.05) is 6.54 Å². The van der Waals surface area contributed by atoms with E-state index in [-0.39, 0.29) is 35.9 Å². The Morgan fingerprint density at radius 1 is 1.14 bits per heavy atom. The Bertz CT molecular complexity index is 536. The third-order valence-electron chi connectivity index (χ3n) is 4.15. The van der Waals surface area contributed by atoms with E-state index in [2.05, 4.69) is 31.1 Å². The van der Waals surface area contributed by atoms with Gasteiger partial charge in [-0.25, -0.2) is 0 Å². The van der Waals surface area contributed by atoms with Crippen molar-refractivity contribution in [3.8, 4) is 11.5 Å². The highest BCUT2D eigenvalue weighted by Gasteiger charge is 2.60. The summed E-state index contributed by atoms with van der Waals surface area (Å²) in [6, 6.07) is 0. The van der Waals surface area contributed by atoms with E-state index in [1.807, 2.05) is 12.2 Å². The summed E-state index contributed by atoms with van der Waals surface area (Å²) < 4.78 is 5.61. The van der Waals surface area contributed by atoms with Crippen molar-refractivity contribution in [3.05, 3.63) is 12.2 Å². The van der Waals surface area contributed by atoms with Gasteiger partial charge in [0.1, 0.15) is 8.07 Å². The maximum atomic E-state index is 12.4. The van der Waals surface area contributed by atoms with Crippen molar-refractivity contribution in [2.24, 2.45) is 11.8 Å². The molecule has 3 heterocycles. The molecule has 0 radical (unpaired) electrons. The molecule has 0 saturated carbocycles. The van der Waals surface area contributed by atoms with Crippen molar-refractivity contribution in [1.29, 1.82) is 0 Å². The SMILES string of the molecule is C[Si](C)(C)C#CCCCN1C(=O)C2C3C=CC(O3)C2C1=O. The second kappa shape index (κ2) is 5.11. The summed E-state index contributed by atoms with van der Waals surface area (Å²) in [6.45, 7) is 7.11. The lowest BCUT2D eigenvalue weighted by molar-refractivity contribution is -0.142. The van der Waals surface area contributed by atoms with Gasteiger partial charge in [-0.2, -0.15) is 0 Å². The van der Waals surface area contributed by atoms with Crippen LogP contribution in [0, 0.1) is 23.3 Å². The van der Waals surface area contributed by atoms with Crippen LogP contribution < -0.4 is 0 Å². The summed E-state index contributed by atoms with van der Waals surface area (Å²) in [4.78, 5) is 26.2.